The smallest absolute Gasteiger partial charge is 0.247 e. The van der Waals surface area contributed by atoms with Crippen LogP contribution < -0.4 is 20.3 Å². The number of morpholine rings is 1. The first-order valence-corrected chi connectivity index (χ1v) is 12.6. The first-order valence-electron chi connectivity index (χ1n) is 17.1. The van der Waals surface area contributed by atoms with Gasteiger partial charge in [-0.3, -0.25) is 4.79 Å². The van der Waals surface area contributed by atoms with Gasteiger partial charge in [0.2, 0.25) is 11.9 Å². The number of aromatic nitrogens is 4. The molecule has 0 unspecified atom stereocenters. The molecule has 11 nitrogen and oxygen atoms in total. The Bertz CT molecular complexity index is 1860. The molecule has 3 heterocycles. The zero-order valence-corrected chi connectivity index (χ0v) is 22.2. The Morgan fingerprint density at radius 3 is 2.85 bits per heavy atom. The first-order chi connectivity index (χ1) is 23.5. The Kier molecular flexibility index (Phi) is 5.72. The molecule has 5 rings (SSSR count). The summed E-state index contributed by atoms with van der Waals surface area (Å²) in [6, 6.07) is 12.8. The van der Waals surface area contributed by atoms with E-state index in [9.17, 15) is 4.79 Å². The number of carbonyl (C=O) groups excluding carboxylic acids is 1. The molecule has 0 saturated carbocycles. The molecule has 1 aliphatic rings. The van der Waals surface area contributed by atoms with Gasteiger partial charge >= 0.3 is 0 Å². The highest BCUT2D eigenvalue weighted by molar-refractivity contribution is 6.02. The molecule has 0 bridgehead atoms. The molecule has 11 heteroatoms. The van der Waals surface area contributed by atoms with Crippen molar-refractivity contribution >= 4 is 28.9 Å². The molecule has 212 valence electrons. The Morgan fingerprint density at radius 1 is 1.27 bits per heavy atom. The van der Waals surface area contributed by atoms with Crippen molar-refractivity contribution in [3.8, 4) is 22.8 Å². The molecule has 2 N–H and O–H groups in total. The van der Waals surface area contributed by atoms with Crippen molar-refractivity contribution < 1.29 is 26.6 Å². The lowest BCUT2D eigenvalue weighted by Gasteiger charge is -2.31. The zero-order chi connectivity index (χ0) is 36.4. The Balaban J connectivity index is 1.61. The van der Waals surface area contributed by atoms with Gasteiger partial charge in [0, 0.05) is 62.1 Å². The fourth-order valence-electron chi connectivity index (χ4n) is 4.23. The molecule has 1 fully saturated rings. The quantitative estimate of drug-likeness (QED) is 0.276. The van der Waals surface area contributed by atoms with Crippen LogP contribution in [0.25, 0.3) is 17.1 Å². The molecule has 1 amide bonds. The molecule has 4 aromatic rings. The van der Waals surface area contributed by atoms with Gasteiger partial charge in [0.15, 0.2) is 5.82 Å². The van der Waals surface area contributed by atoms with Crippen molar-refractivity contribution in [3.63, 3.8) is 0 Å². The molecule has 0 spiro atoms. The standard InChI is InChI=1S/C30H34N8O3/c1-5-28(39)32-23-17-24(26(40-4)18-25(23)37-13-15-41-16-14-37)33-30-31-12-11-27(34-30)38-20-22(19-36(2)3)29(35-38)21-9-7-6-8-10-21/h5-12,17-18,20H,1,13-16,19H2,2-4H3,(H,32,39)(H,31,33,34)/i2D3,4D3,19D2,20D. The van der Waals surface area contributed by atoms with Crippen LogP contribution in [-0.4, -0.2) is 77.9 Å². The number of amides is 1. The van der Waals surface area contributed by atoms with Crippen LogP contribution in [0.4, 0.5) is 23.0 Å². The van der Waals surface area contributed by atoms with E-state index in [1.807, 2.05) is 4.90 Å². The van der Waals surface area contributed by atoms with Crippen molar-refractivity contribution in [1.29, 1.82) is 0 Å². The molecule has 2 aromatic heterocycles. The highest BCUT2D eigenvalue weighted by Gasteiger charge is 2.20. The number of methoxy groups -OCH3 is 1. The van der Waals surface area contributed by atoms with E-state index in [0.717, 1.165) is 17.8 Å². The summed E-state index contributed by atoms with van der Waals surface area (Å²) >= 11 is 0. The summed E-state index contributed by atoms with van der Waals surface area (Å²) in [4.78, 5) is 23.6. The summed E-state index contributed by atoms with van der Waals surface area (Å²) in [7, 11) is -1.76. The molecule has 0 aliphatic carbocycles. The predicted molar refractivity (Wildman–Crippen MR) is 160 cm³/mol. The van der Waals surface area contributed by atoms with Gasteiger partial charge in [-0.1, -0.05) is 36.9 Å². The Morgan fingerprint density at radius 2 is 2.10 bits per heavy atom. The van der Waals surface area contributed by atoms with E-state index in [-0.39, 0.29) is 34.5 Å². The maximum absolute atomic E-state index is 12.4. The van der Waals surface area contributed by atoms with Crippen LogP contribution in [0.3, 0.4) is 0 Å². The zero-order valence-electron chi connectivity index (χ0n) is 31.2. The molecule has 1 aliphatic heterocycles. The number of hydrogen-bond donors (Lipinski definition) is 2. The minimum absolute atomic E-state index is 0.00618. The number of anilines is 4. The molecular formula is C30H34N8O3. The summed E-state index contributed by atoms with van der Waals surface area (Å²) in [5.41, 5.74) is 1.03. The molecule has 0 radical (unpaired) electrons. The van der Waals surface area contributed by atoms with Gasteiger partial charge < -0.3 is 29.9 Å². The van der Waals surface area contributed by atoms with E-state index in [2.05, 4.69) is 32.3 Å². The fraction of sp³-hybridized carbons (Fsp3) is 0.267. The fourth-order valence-corrected chi connectivity index (χ4v) is 4.23. The third-order valence-electron chi connectivity index (χ3n) is 6.09. The third-order valence-corrected chi connectivity index (χ3v) is 6.09. The van der Waals surface area contributed by atoms with Crippen molar-refractivity contribution in [1.82, 2.24) is 24.6 Å². The third kappa shape index (κ3) is 6.53. The lowest BCUT2D eigenvalue weighted by atomic mass is 10.1. The summed E-state index contributed by atoms with van der Waals surface area (Å²) in [5, 5.41) is 10.2. The normalized spacial score (nSPS) is 17.4. The topological polar surface area (TPSA) is 110 Å². The Labute approximate surface area is 252 Å². The lowest BCUT2D eigenvalue weighted by molar-refractivity contribution is -0.111. The monoisotopic (exact) mass is 563 g/mol. The van der Waals surface area contributed by atoms with Gasteiger partial charge in [0.25, 0.3) is 0 Å². The van der Waals surface area contributed by atoms with Gasteiger partial charge in [-0.05, 0) is 26.2 Å². The largest absolute Gasteiger partial charge is 0.494 e. The van der Waals surface area contributed by atoms with Crippen LogP contribution in [0.5, 0.6) is 5.75 Å². The molecule has 41 heavy (non-hydrogen) atoms. The number of benzene rings is 2. The maximum atomic E-state index is 12.4. The average Bonchev–Trinajstić information content (AvgIpc) is 3.43. The summed E-state index contributed by atoms with van der Waals surface area (Å²) < 4.78 is 85.2. The van der Waals surface area contributed by atoms with E-state index in [0.29, 0.717) is 48.1 Å². The van der Waals surface area contributed by atoms with Gasteiger partial charge in [0.05, 0.1) is 48.5 Å². The van der Waals surface area contributed by atoms with Gasteiger partial charge in [-0.2, -0.15) is 10.1 Å². The molecular weight excluding hydrogens is 520 g/mol. The summed E-state index contributed by atoms with van der Waals surface area (Å²) in [5.74, 6) is -0.708. The van der Waals surface area contributed by atoms with E-state index in [1.165, 1.54) is 24.4 Å². The lowest BCUT2D eigenvalue weighted by Crippen LogP contribution is -2.36. The van der Waals surface area contributed by atoms with Crippen LogP contribution in [0.2, 0.25) is 0 Å². The van der Waals surface area contributed by atoms with Crippen molar-refractivity contribution in [2.24, 2.45) is 0 Å². The second kappa shape index (κ2) is 12.6. The number of nitrogens with zero attached hydrogens (tertiary/aromatic N) is 6. The van der Waals surface area contributed by atoms with Crippen LogP contribution in [0.15, 0.2) is 73.6 Å². The van der Waals surface area contributed by atoms with Gasteiger partial charge in [-0.15, -0.1) is 0 Å². The maximum Gasteiger partial charge on any atom is 0.247 e. The summed E-state index contributed by atoms with van der Waals surface area (Å²) in [6.45, 7) is -0.241. The van der Waals surface area contributed by atoms with Crippen molar-refractivity contribution in [2.75, 3.05) is 62.9 Å². The average molecular weight is 564 g/mol. The predicted octanol–water partition coefficient (Wildman–Crippen LogP) is 4.10. The highest BCUT2D eigenvalue weighted by atomic mass is 16.5. The molecule has 1 saturated heterocycles. The van der Waals surface area contributed by atoms with Crippen LogP contribution in [0, 0.1) is 0 Å². The minimum atomic E-state index is -2.85. The van der Waals surface area contributed by atoms with Crippen molar-refractivity contribution in [2.45, 2.75) is 6.50 Å². The number of hydrogen-bond acceptors (Lipinski definition) is 9. The van der Waals surface area contributed by atoms with Gasteiger partial charge in [0.1, 0.15) is 5.75 Å². The van der Waals surface area contributed by atoms with Gasteiger partial charge in [-0.25, -0.2) is 9.67 Å². The second-order valence-electron chi connectivity index (χ2n) is 8.91. The number of ether oxygens (including phenoxy) is 2. The summed E-state index contributed by atoms with van der Waals surface area (Å²) in [6.07, 6.45) is 1.96. The van der Waals surface area contributed by atoms with E-state index < -0.39 is 32.6 Å². The van der Waals surface area contributed by atoms with Crippen LogP contribution >= 0.6 is 0 Å². The van der Waals surface area contributed by atoms with E-state index >= 15 is 0 Å². The van der Waals surface area contributed by atoms with E-state index in [1.54, 1.807) is 30.3 Å². The molecule has 0 atom stereocenters. The van der Waals surface area contributed by atoms with Crippen LogP contribution in [-0.2, 0) is 16.0 Å². The number of nitrogens with one attached hydrogen (secondary N) is 2. The number of carbonyl (C=O) groups is 1. The Hall–Kier alpha value is -4.74. The SMILES string of the molecule is [2H]c1c(C([2H])([2H])N(C)C([2H])([2H])[2H])c(-c2ccccc2)nn1-c1ccnc(Nc2cc(NC(=O)C=C)c(N3CCOCC3)cc2OC([2H])([2H])[2H])n1. The van der Waals surface area contributed by atoms with E-state index in [4.69, 9.17) is 21.8 Å². The highest BCUT2D eigenvalue weighted by Crippen LogP contribution is 2.38. The first kappa shape index (κ1) is 18.6. The van der Waals surface area contributed by atoms with Crippen LogP contribution in [0.1, 0.15) is 17.9 Å². The second-order valence-corrected chi connectivity index (χ2v) is 8.91. The number of rotatable bonds is 10. The molecule has 2 aromatic carbocycles. The van der Waals surface area contributed by atoms with Crippen molar-refractivity contribution in [3.05, 3.63) is 79.1 Å². The minimum Gasteiger partial charge on any atom is -0.494 e.